The largest absolute Gasteiger partial charge is 0.399 e. The zero-order chi connectivity index (χ0) is 15.2. The molecular weight excluding hydrogens is 262 g/mol. The molecule has 2 rings (SSSR count). The number of benzene rings is 1. The molecule has 1 atom stereocenters. The van der Waals surface area contributed by atoms with Gasteiger partial charge in [-0.25, -0.2) is 0 Å². The molecule has 1 heterocycles. The lowest BCUT2D eigenvalue weighted by atomic mass is 9.98. The van der Waals surface area contributed by atoms with Crippen molar-refractivity contribution in [2.24, 2.45) is 0 Å². The number of hydrogen-bond acceptors (Lipinski definition) is 3. The number of nitrogens with zero attached hydrogens (tertiary/aromatic N) is 2. The van der Waals surface area contributed by atoms with Crippen LogP contribution in [0.4, 0.5) is 11.4 Å². The normalized spacial score (nSPS) is 19.4. The molecular formula is C17H27N3O. The Morgan fingerprint density at radius 3 is 2.71 bits per heavy atom. The maximum Gasteiger partial charge on any atom is 0.240 e. The standard InChI is InChI=1S/C17H27N3O/c1-3-6-16-7-4-5-12-20(16)13-17(21)19(2)15-10-8-14(18)9-11-15/h8-11,16H,3-7,12-13,18H2,1-2H3. The molecule has 1 aromatic rings. The fraction of sp³-hybridized carbons (Fsp3) is 0.588. The van der Waals surface area contributed by atoms with Gasteiger partial charge in [-0.1, -0.05) is 19.8 Å². The fourth-order valence-corrected chi connectivity index (χ4v) is 3.05. The van der Waals surface area contributed by atoms with Gasteiger partial charge in [-0.2, -0.15) is 0 Å². The first-order chi connectivity index (χ1) is 10.1. The molecule has 0 radical (unpaired) electrons. The Hall–Kier alpha value is -1.55. The summed E-state index contributed by atoms with van der Waals surface area (Å²) in [7, 11) is 1.84. The van der Waals surface area contributed by atoms with Crippen LogP contribution in [0.3, 0.4) is 0 Å². The molecule has 1 unspecified atom stereocenters. The van der Waals surface area contributed by atoms with Crippen molar-refractivity contribution in [1.82, 2.24) is 4.90 Å². The van der Waals surface area contributed by atoms with Gasteiger partial charge in [0.15, 0.2) is 0 Å². The molecule has 0 spiro atoms. The molecule has 1 aliphatic heterocycles. The van der Waals surface area contributed by atoms with Crippen LogP contribution >= 0.6 is 0 Å². The average molecular weight is 289 g/mol. The third-order valence-electron chi connectivity index (χ3n) is 4.36. The molecule has 4 nitrogen and oxygen atoms in total. The number of nitrogen functional groups attached to an aromatic ring is 1. The van der Waals surface area contributed by atoms with Crippen LogP contribution in [0, 0.1) is 0 Å². The van der Waals surface area contributed by atoms with Gasteiger partial charge >= 0.3 is 0 Å². The molecule has 1 amide bonds. The Morgan fingerprint density at radius 2 is 2.05 bits per heavy atom. The molecule has 1 fully saturated rings. The Kier molecular flexibility index (Phi) is 5.62. The molecule has 116 valence electrons. The molecule has 0 bridgehead atoms. The second kappa shape index (κ2) is 7.46. The minimum absolute atomic E-state index is 0.155. The molecule has 21 heavy (non-hydrogen) atoms. The van der Waals surface area contributed by atoms with Crippen LogP contribution < -0.4 is 10.6 Å². The van der Waals surface area contributed by atoms with E-state index in [1.807, 2.05) is 31.3 Å². The summed E-state index contributed by atoms with van der Waals surface area (Å²) in [5.41, 5.74) is 7.31. The maximum atomic E-state index is 12.5. The number of nitrogens with two attached hydrogens (primary N) is 1. The number of carbonyl (C=O) groups excluding carboxylic acids is 1. The molecule has 1 aromatic carbocycles. The minimum Gasteiger partial charge on any atom is -0.399 e. The average Bonchev–Trinajstić information content (AvgIpc) is 2.49. The van der Waals surface area contributed by atoms with Crippen LogP contribution in [-0.2, 0) is 4.79 Å². The third-order valence-corrected chi connectivity index (χ3v) is 4.36. The zero-order valence-corrected chi connectivity index (χ0v) is 13.2. The van der Waals surface area contributed by atoms with Crippen molar-refractivity contribution in [3.63, 3.8) is 0 Å². The number of piperidine rings is 1. The first-order valence-electron chi connectivity index (χ1n) is 7.98. The topological polar surface area (TPSA) is 49.6 Å². The van der Waals surface area contributed by atoms with E-state index in [-0.39, 0.29) is 5.91 Å². The summed E-state index contributed by atoms with van der Waals surface area (Å²) in [5, 5.41) is 0. The summed E-state index contributed by atoms with van der Waals surface area (Å²) in [6, 6.07) is 8.03. The van der Waals surface area contributed by atoms with Gasteiger partial charge in [0.1, 0.15) is 0 Å². The van der Waals surface area contributed by atoms with Crippen LogP contribution in [0.25, 0.3) is 0 Å². The summed E-state index contributed by atoms with van der Waals surface area (Å²) < 4.78 is 0. The predicted octanol–water partition coefficient (Wildman–Crippen LogP) is 2.89. The van der Waals surface area contributed by atoms with Gasteiger partial charge in [0.2, 0.25) is 5.91 Å². The van der Waals surface area contributed by atoms with E-state index in [0.717, 1.165) is 17.9 Å². The van der Waals surface area contributed by atoms with Gasteiger partial charge in [-0.15, -0.1) is 0 Å². The van der Waals surface area contributed by atoms with E-state index in [4.69, 9.17) is 5.73 Å². The summed E-state index contributed by atoms with van der Waals surface area (Å²) in [5.74, 6) is 0.155. The minimum atomic E-state index is 0.155. The fourth-order valence-electron chi connectivity index (χ4n) is 3.05. The summed E-state index contributed by atoms with van der Waals surface area (Å²) in [6.45, 7) is 3.78. The molecule has 1 saturated heterocycles. The molecule has 0 aliphatic carbocycles. The summed E-state index contributed by atoms with van der Waals surface area (Å²) >= 11 is 0. The number of rotatable bonds is 5. The van der Waals surface area contributed by atoms with Crippen LogP contribution in [0.1, 0.15) is 39.0 Å². The Balaban J connectivity index is 1.97. The molecule has 0 aromatic heterocycles. The van der Waals surface area contributed by atoms with Crippen molar-refractivity contribution < 1.29 is 4.79 Å². The van der Waals surface area contributed by atoms with Crippen LogP contribution in [-0.4, -0.2) is 37.0 Å². The van der Waals surface area contributed by atoms with Gasteiger partial charge in [0.05, 0.1) is 6.54 Å². The number of likely N-dealkylation sites (N-methyl/N-ethyl adjacent to an activating group) is 1. The molecule has 0 saturated carbocycles. The first kappa shape index (κ1) is 15.8. The highest BCUT2D eigenvalue weighted by molar-refractivity contribution is 5.94. The molecule has 1 aliphatic rings. The van der Waals surface area contributed by atoms with Crippen molar-refractivity contribution >= 4 is 17.3 Å². The van der Waals surface area contributed by atoms with Gasteiger partial charge in [-0.05, 0) is 50.1 Å². The Bertz CT molecular complexity index is 456. The SMILES string of the molecule is CCCC1CCCCN1CC(=O)N(C)c1ccc(N)cc1. The van der Waals surface area contributed by atoms with Crippen molar-refractivity contribution in [3.8, 4) is 0 Å². The summed E-state index contributed by atoms with van der Waals surface area (Å²) in [6.07, 6.45) is 6.11. The van der Waals surface area contributed by atoms with Gasteiger partial charge in [0, 0.05) is 24.5 Å². The second-order valence-electron chi connectivity index (χ2n) is 5.95. The lowest BCUT2D eigenvalue weighted by Gasteiger charge is -2.36. The van der Waals surface area contributed by atoms with Crippen molar-refractivity contribution in [2.75, 3.05) is 30.8 Å². The van der Waals surface area contributed by atoms with Crippen LogP contribution in [0.2, 0.25) is 0 Å². The van der Waals surface area contributed by atoms with Gasteiger partial charge in [-0.3, -0.25) is 9.69 Å². The van der Waals surface area contributed by atoms with Crippen molar-refractivity contribution in [3.05, 3.63) is 24.3 Å². The summed E-state index contributed by atoms with van der Waals surface area (Å²) in [4.78, 5) is 16.6. The first-order valence-corrected chi connectivity index (χ1v) is 7.98. The van der Waals surface area contributed by atoms with Crippen molar-refractivity contribution in [1.29, 1.82) is 0 Å². The van der Waals surface area contributed by atoms with Crippen LogP contribution in [0.15, 0.2) is 24.3 Å². The zero-order valence-electron chi connectivity index (χ0n) is 13.2. The monoisotopic (exact) mass is 289 g/mol. The van der Waals surface area contributed by atoms with Gasteiger partial charge in [0.25, 0.3) is 0 Å². The van der Waals surface area contributed by atoms with E-state index < -0.39 is 0 Å². The number of hydrogen-bond donors (Lipinski definition) is 1. The Labute approximate surface area is 127 Å². The number of likely N-dealkylation sites (tertiary alicyclic amines) is 1. The lowest BCUT2D eigenvalue weighted by Crippen LogP contribution is -2.46. The number of anilines is 2. The molecule has 2 N–H and O–H groups in total. The van der Waals surface area contributed by atoms with Crippen LogP contribution in [0.5, 0.6) is 0 Å². The highest BCUT2D eigenvalue weighted by atomic mass is 16.2. The van der Waals surface area contributed by atoms with Gasteiger partial charge < -0.3 is 10.6 Å². The number of carbonyl (C=O) groups is 1. The van der Waals surface area contributed by atoms with E-state index in [1.54, 1.807) is 4.90 Å². The van der Waals surface area contributed by atoms with E-state index >= 15 is 0 Å². The third kappa shape index (κ3) is 4.21. The van der Waals surface area contributed by atoms with Crippen molar-refractivity contribution in [2.45, 2.75) is 45.1 Å². The highest BCUT2D eigenvalue weighted by Crippen LogP contribution is 2.21. The van der Waals surface area contributed by atoms with E-state index in [9.17, 15) is 4.79 Å². The highest BCUT2D eigenvalue weighted by Gasteiger charge is 2.24. The lowest BCUT2D eigenvalue weighted by molar-refractivity contribution is -0.120. The number of amides is 1. The van der Waals surface area contributed by atoms with E-state index in [0.29, 0.717) is 12.6 Å². The quantitative estimate of drug-likeness (QED) is 0.848. The maximum absolute atomic E-state index is 12.5. The molecule has 4 heteroatoms. The van der Waals surface area contributed by atoms with E-state index in [2.05, 4.69) is 11.8 Å². The van der Waals surface area contributed by atoms with E-state index in [1.165, 1.54) is 32.1 Å². The Morgan fingerprint density at radius 1 is 1.33 bits per heavy atom. The second-order valence-corrected chi connectivity index (χ2v) is 5.95. The predicted molar refractivity (Wildman–Crippen MR) is 88.4 cm³/mol. The smallest absolute Gasteiger partial charge is 0.240 e.